The molecule has 0 fully saturated rings. The van der Waals surface area contributed by atoms with Crippen molar-refractivity contribution in [2.45, 2.75) is 26.1 Å². The molecule has 0 aliphatic carbocycles. The summed E-state index contributed by atoms with van der Waals surface area (Å²) in [5.41, 5.74) is 3.15. The van der Waals surface area contributed by atoms with E-state index in [1.807, 2.05) is 12.1 Å². The van der Waals surface area contributed by atoms with Crippen LogP contribution in [0.5, 0.6) is 5.88 Å². The predicted octanol–water partition coefficient (Wildman–Crippen LogP) is 4.67. The van der Waals surface area contributed by atoms with Crippen molar-refractivity contribution in [3.63, 3.8) is 0 Å². The highest BCUT2D eigenvalue weighted by atomic mass is 19.1. The Hall–Kier alpha value is -5.13. The van der Waals surface area contributed by atoms with Gasteiger partial charge in [0, 0.05) is 18.7 Å². The Labute approximate surface area is 227 Å². The maximum atomic E-state index is 14.4. The first kappa shape index (κ1) is 26.5. The molecule has 3 heterocycles. The summed E-state index contributed by atoms with van der Waals surface area (Å²) in [5, 5.41) is 27.5. The molecule has 4 aromatic rings. The minimum absolute atomic E-state index is 0.0402. The van der Waals surface area contributed by atoms with Crippen molar-refractivity contribution in [3.8, 4) is 18.0 Å². The molecule has 1 N–H and O–H groups in total. The van der Waals surface area contributed by atoms with E-state index in [-0.39, 0.29) is 35.7 Å². The first-order valence-electron chi connectivity index (χ1n) is 12.4. The van der Waals surface area contributed by atoms with Crippen LogP contribution in [-0.4, -0.2) is 43.6 Å². The minimum Gasteiger partial charge on any atom is -0.478 e. The van der Waals surface area contributed by atoms with Gasteiger partial charge in [-0.3, -0.25) is 4.90 Å². The fraction of sp³-hybridized carbons (Fsp3) is 0.207. The summed E-state index contributed by atoms with van der Waals surface area (Å²) in [6, 6.07) is 15.4. The molecule has 5 rings (SSSR count). The number of aromatic carboxylic acids is 1. The number of imidazole rings is 1. The van der Waals surface area contributed by atoms with E-state index < -0.39 is 17.6 Å². The molecule has 11 heteroatoms. The molecule has 40 heavy (non-hydrogen) atoms. The van der Waals surface area contributed by atoms with Crippen LogP contribution in [0.2, 0.25) is 0 Å². The van der Waals surface area contributed by atoms with E-state index >= 15 is 0 Å². The molecule has 0 unspecified atom stereocenters. The van der Waals surface area contributed by atoms with Crippen LogP contribution in [0.3, 0.4) is 0 Å². The lowest BCUT2D eigenvalue weighted by molar-refractivity contribution is 0.0697. The summed E-state index contributed by atoms with van der Waals surface area (Å²) >= 11 is 0. The third kappa shape index (κ3) is 5.51. The average molecular weight is 541 g/mol. The first-order valence-corrected chi connectivity index (χ1v) is 12.4. The summed E-state index contributed by atoms with van der Waals surface area (Å²) in [5.74, 6) is -1.92. The molecule has 0 amide bonds. The van der Waals surface area contributed by atoms with Crippen LogP contribution in [0.1, 0.15) is 39.4 Å². The topological polar surface area (TPSA) is 128 Å². The molecule has 2 aromatic heterocycles. The molecule has 200 valence electrons. The van der Waals surface area contributed by atoms with Crippen molar-refractivity contribution in [2.75, 3.05) is 13.1 Å². The van der Waals surface area contributed by atoms with Gasteiger partial charge in [-0.2, -0.15) is 10.5 Å². The van der Waals surface area contributed by atoms with E-state index in [1.54, 1.807) is 16.7 Å². The molecule has 0 atom stereocenters. The van der Waals surface area contributed by atoms with Crippen molar-refractivity contribution in [1.82, 2.24) is 19.4 Å². The summed E-state index contributed by atoms with van der Waals surface area (Å²) < 4.78 is 35.8. The SMILES string of the molecule is N#CCn1c(CN2CC=C(c3ccc(F)c(OCc4ccc(C#N)cc4F)n3)CC2)nc2ccc(C(=O)O)cc21. The van der Waals surface area contributed by atoms with Crippen molar-refractivity contribution in [2.24, 2.45) is 0 Å². The molecule has 0 bridgehead atoms. The van der Waals surface area contributed by atoms with Gasteiger partial charge in [0.05, 0.1) is 46.5 Å². The van der Waals surface area contributed by atoms with Crippen molar-refractivity contribution in [1.29, 1.82) is 10.5 Å². The van der Waals surface area contributed by atoms with Gasteiger partial charge in [-0.15, -0.1) is 0 Å². The third-order valence-corrected chi connectivity index (χ3v) is 6.65. The summed E-state index contributed by atoms with van der Waals surface area (Å²) in [6.07, 6.45) is 2.59. The standard InChI is InChI=1S/C29H22F2N6O3/c30-22-4-6-24(35-28(22)40-17-21-2-1-18(15-33)13-23(21)31)19-7-10-36(11-8-19)16-27-34-25-5-3-20(29(38)39)14-26(25)37(27)12-9-32/h1-7,13-14H,8,10-12,16-17H2,(H,38,39). The number of halogens is 2. The highest BCUT2D eigenvalue weighted by Crippen LogP contribution is 2.26. The number of rotatable bonds is 8. The van der Waals surface area contributed by atoms with E-state index in [2.05, 4.69) is 20.9 Å². The number of nitrogens with zero attached hydrogens (tertiary/aromatic N) is 6. The Bertz CT molecular complexity index is 1730. The van der Waals surface area contributed by atoms with E-state index in [9.17, 15) is 23.9 Å². The fourth-order valence-electron chi connectivity index (χ4n) is 4.54. The Morgan fingerprint density at radius 1 is 1.07 bits per heavy atom. The van der Waals surface area contributed by atoms with Crippen LogP contribution in [0.15, 0.2) is 54.6 Å². The molecule has 0 spiro atoms. The number of carbonyl (C=O) groups is 1. The van der Waals surface area contributed by atoms with Crippen LogP contribution in [-0.2, 0) is 19.7 Å². The predicted molar refractivity (Wildman–Crippen MR) is 140 cm³/mol. The van der Waals surface area contributed by atoms with Gasteiger partial charge in [-0.05, 0) is 54.5 Å². The maximum absolute atomic E-state index is 14.4. The molecular formula is C29H22F2N6O3. The minimum atomic E-state index is -1.05. The van der Waals surface area contributed by atoms with E-state index in [0.717, 1.165) is 11.6 Å². The Balaban J connectivity index is 1.29. The molecule has 0 radical (unpaired) electrons. The zero-order valence-corrected chi connectivity index (χ0v) is 21.1. The fourth-order valence-corrected chi connectivity index (χ4v) is 4.54. The summed E-state index contributed by atoms with van der Waals surface area (Å²) in [7, 11) is 0. The van der Waals surface area contributed by atoms with Crippen molar-refractivity contribution in [3.05, 3.63) is 94.5 Å². The van der Waals surface area contributed by atoms with Crippen LogP contribution in [0.25, 0.3) is 16.6 Å². The lowest BCUT2D eigenvalue weighted by atomic mass is 10.0. The molecule has 1 aliphatic heterocycles. The number of hydrogen-bond donors (Lipinski definition) is 1. The van der Waals surface area contributed by atoms with Gasteiger partial charge in [0.1, 0.15) is 24.8 Å². The molecular weight excluding hydrogens is 518 g/mol. The highest BCUT2D eigenvalue weighted by Gasteiger charge is 2.20. The number of hydrogen-bond acceptors (Lipinski definition) is 7. The van der Waals surface area contributed by atoms with Gasteiger partial charge in [0.25, 0.3) is 5.88 Å². The lowest BCUT2D eigenvalue weighted by Crippen LogP contribution is -2.29. The number of benzene rings is 2. The zero-order chi connectivity index (χ0) is 28.2. The van der Waals surface area contributed by atoms with Crippen LogP contribution in [0, 0.1) is 34.3 Å². The van der Waals surface area contributed by atoms with Gasteiger partial charge in [-0.25, -0.2) is 23.5 Å². The third-order valence-electron chi connectivity index (χ3n) is 6.65. The number of ether oxygens (including phenoxy) is 1. The largest absolute Gasteiger partial charge is 0.478 e. The van der Waals surface area contributed by atoms with Gasteiger partial charge >= 0.3 is 5.97 Å². The van der Waals surface area contributed by atoms with Gasteiger partial charge in [-0.1, -0.05) is 12.1 Å². The quantitative estimate of drug-likeness (QED) is 0.342. The molecule has 1 aliphatic rings. The Morgan fingerprint density at radius 2 is 1.93 bits per heavy atom. The number of pyridine rings is 1. The lowest BCUT2D eigenvalue weighted by Gasteiger charge is -2.26. The maximum Gasteiger partial charge on any atom is 0.335 e. The second-order valence-electron chi connectivity index (χ2n) is 9.19. The van der Waals surface area contributed by atoms with Gasteiger partial charge in [0.15, 0.2) is 5.82 Å². The van der Waals surface area contributed by atoms with Gasteiger partial charge in [0.2, 0.25) is 0 Å². The monoisotopic (exact) mass is 540 g/mol. The number of carboxylic acids is 1. The average Bonchev–Trinajstić information content (AvgIpc) is 3.29. The van der Waals surface area contributed by atoms with E-state index in [1.165, 1.54) is 30.3 Å². The zero-order valence-electron chi connectivity index (χ0n) is 21.1. The second-order valence-corrected chi connectivity index (χ2v) is 9.19. The Kier molecular flexibility index (Phi) is 7.49. The number of aromatic nitrogens is 3. The van der Waals surface area contributed by atoms with Crippen LogP contribution < -0.4 is 4.74 Å². The molecule has 0 saturated heterocycles. The Morgan fingerprint density at radius 3 is 2.62 bits per heavy atom. The van der Waals surface area contributed by atoms with Gasteiger partial charge < -0.3 is 14.4 Å². The highest BCUT2D eigenvalue weighted by molar-refractivity contribution is 5.92. The van der Waals surface area contributed by atoms with E-state index in [4.69, 9.17) is 10.00 Å². The first-order chi connectivity index (χ1) is 19.4. The molecule has 0 saturated carbocycles. The summed E-state index contributed by atoms with van der Waals surface area (Å²) in [6.45, 7) is 1.45. The number of carboxylic acid groups (broad SMARTS) is 1. The van der Waals surface area contributed by atoms with Crippen LogP contribution >= 0.6 is 0 Å². The van der Waals surface area contributed by atoms with Crippen LogP contribution in [0.4, 0.5) is 8.78 Å². The normalized spacial score (nSPS) is 13.4. The van der Waals surface area contributed by atoms with Crippen molar-refractivity contribution >= 4 is 22.6 Å². The van der Waals surface area contributed by atoms with Crippen molar-refractivity contribution < 1.29 is 23.4 Å². The molecule has 2 aromatic carbocycles. The smallest absolute Gasteiger partial charge is 0.335 e. The second kappa shape index (κ2) is 11.3. The summed E-state index contributed by atoms with van der Waals surface area (Å²) in [4.78, 5) is 22.5. The molecule has 9 nitrogen and oxygen atoms in total. The van der Waals surface area contributed by atoms with E-state index in [0.29, 0.717) is 48.6 Å². The number of fused-ring (bicyclic) bond motifs is 1. The number of nitriles is 2.